The number of rotatable bonds is 11. The number of nitrogens with one attached hydrogen (secondary N) is 2. The van der Waals surface area contributed by atoms with Crippen LogP contribution in [0.3, 0.4) is 0 Å². The smallest absolute Gasteiger partial charge is 0.308 e. The lowest BCUT2D eigenvalue weighted by atomic mass is 9.90. The number of aryl methyl sites for hydroxylation is 1. The highest BCUT2D eigenvalue weighted by Crippen LogP contribution is 2.28. The van der Waals surface area contributed by atoms with E-state index in [0.717, 1.165) is 11.3 Å². The van der Waals surface area contributed by atoms with Crippen molar-refractivity contribution in [2.24, 2.45) is 0 Å². The summed E-state index contributed by atoms with van der Waals surface area (Å²) in [5, 5.41) is 37.8. The van der Waals surface area contributed by atoms with Gasteiger partial charge in [0.25, 0.3) is 5.56 Å². The molecule has 1 fully saturated rings. The molecule has 46 heavy (non-hydrogen) atoms. The van der Waals surface area contributed by atoms with Crippen molar-refractivity contribution in [1.82, 2.24) is 34.9 Å². The lowest BCUT2D eigenvalue weighted by Gasteiger charge is -2.17. The molecule has 4 atom stereocenters. The van der Waals surface area contributed by atoms with Crippen LogP contribution < -0.4 is 21.0 Å². The second-order valence-corrected chi connectivity index (χ2v) is 11.8. The molecule has 5 rings (SSSR count). The third-order valence-electron chi connectivity index (χ3n) is 7.30. The quantitative estimate of drug-likeness (QED) is 0.105. The van der Waals surface area contributed by atoms with Gasteiger partial charge in [0.15, 0.2) is 6.23 Å². The predicted molar refractivity (Wildman–Crippen MR) is 163 cm³/mol. The number of esters is 1. The summed E-state index contributed by atoms with van der Waals surface area (Å²) in [7, 11) is 0. The van der Waals surface area contributed by atoms with Crippen LogP contribution in [0.5, 0.6) is 5.88 Å². The number of H-pyrrole nitrogens is 2. The van der Waals surface area contributed by atoms with Gasteiger partial charge in [0, 0.05) is 17.5 Å². The van der Waals surface area contributed by atoms with Crippen LogP contribution in [-0.2, 0) is 26.1 Å². The maximum Gasteiger partial charge on any atom is 0.308 e. The van der Waals surface area contributed by atoms with Gasteiger partial charge in [0.05, 0.1) is 30.5 Å². The van der Waals surface area contributed by atoms with E-state index in [0.29, 0.717) is 24.2 Å². The highest BCUT2D eigenvalue weighted by molar-refractivity contribution is 5.69. The number of imidazole rings is 1. The van der Waals surface area contributed by atoms with E-state index in [1.807, 2.05) is 51.1 Å². The number of ether oxygens (including phenoxy) is 3. The second-order valence-electron chi connectivity index (χ2n) is 11.8. The summed E-state index contributed by atoms with van der Waals surface area (Å²) in [6.45, 7) is 5.20. The largest absolute Gasteiger partial charge is 0.438 e. The van der Waals surface area contributed by atoms with Crippen LogP contribution in [0.1, 0.15) is 62.5 Å². The number of benzene rings is 1. The second kappa shape index (κ2) is 14.2. The molecule has 244 valence electrons. The standard InChI is InChI=1S/C31H37N7O8/c1-31(2,3)27-20(32-16-33-27)13-22-29(35-21(28(43)34-22)12-18-8-5-4-6-9-18)45-17-44-24(40)11-7-10-19-14-38(37-36-19)30-26(42)25(41)23(15-39)46-30/h4-6,8-9,12-14,16,23,25-26,30,39,41-42H,7,10-11,15,17H2,1-3H3,(H,32,33)(H,34,43)/b21-12-,22-13-/t23-,25-,26-,30-/m1/s1. The Kier molecular flexibility index (Phi) is 10.1. The van der Waals surface area contributed by atoms with E-state index < -0.39 is 49.5 Å². The van der Waals surface area contributed by atoms with Crippen molar-refractivity contribution in [2.45, 2.75) is 70.0 Å². The Labute approximate surface area is 263 Å². The topological polar surface area (TPSA) is 211 Å². The molecule has 15 nitrogen and oxygen atoms in total. The number of aliphatic hydroxyl groups excluding tert-OH is 3. The average molecular weight is 636 g/mol. The maximum absolute atomic E-state index is 13.0. The Hall–Kier alpha value is -4.70. The summed E-state index contributed by atoms with van der Waals surface area (Å²) in [5.41, 5.74) is 2.08. The number of nitrogens with zero attached hydrogens (tertiary/aromatic N) is 5. The Bertz CT molecular complexity index is 1810. The zero-order valence-corrected chi connectivity index (χ0v) is 25.7. The summed E-state index contributed by atoms with van der Waals surface area (Å²) < 4.78 is 17.8. The first-order valence-electron chi connectivity index (χ1n) is 14.8. The fourth-order valence-electron chi connectivity index (χ4n) is 4.91. The van der Waals surface area contributed by atoms with E-state index in [2.05, 4.69) is 30.2 Å². The normalized spacial score (nSPS) is 20.7. The molecular weight excluding hydrogens is 598 g/mol. The van der Waals surface area contributed by atoms with Gasteiger partial charge in [0.2, 0.25) is 12.7 Å². The van der Waals surface area contributed by atoms with Gasteiger partial charge >= 0.3 is 5.97 Å². The van der Waals surface area contributed by atoms with E-state index in [9.17, 15) is 24.9 Å². The lowest BCUT2D eigenvalue weighted by Crippen LogP contribution is -2.38. The van der Waals surface area contributed by atoms with Crippen molar-refractivity contribution < 1.29 is 34.3 Å². The van der Waals surface area contributed by atoms with E-state index >= 15 is 0 Å². The SMILES string of the molecule is CC(C)(C)c1[nH]cnc1/C=c1\[nH]c(=O)/c(=C/c2ccccc2)nc1OCOC(=O)CCCc1cn([C@@H]2O[C@H](CO)[C@@H](O)[C@H]2O)nn1. The molecule has 4 heterocycles. The van der Waals surface area contributed by atoms with Crippen LogP contribution in [0.4, 0.5) is 0 Å². The molecule has 15 heteroatoms. The van der Waals surface area contributed by atoms with Crippen molar-refractivity contribution in [1.29, 1.82) is 0 Å². The van der Waals surface area contributed by atoms with Crippen molar-refractivity contribution in [2.75, 3.05) is 13.4 Å². The van der Waals surface area contributed by atoms with Crippen molar-refractivity contribution in [3.63, 3.8) is 0 Å². The van der Waals surface area contributed by atoms with Gasteiger partial charge in [-0.3, -0.25) is 9.59 Å². The molecule has 0 spiro atoms. The zero-order chi connectivity index (χ0) is 32.8. The molecule has 1 aromatic carbocycles. The molecular formula is C31H37N7O8. The minimum atomic E-state index is -1.27. The van der Waals surface area contributed by atoms with Gasteiger partial charge in [-0.25, -0.2) is 14.6 Å². The molecule has 1 aliphatic rings. The molecule has 0 radical (unpaired) electrons. The minimum Gasteiger partial charge on any atom is -0.438 e. The van der Waals surface area contributed by atoms with Crippen molar-refractivity contribution in [3.05, 3.63) is 86.6 Å². The van der Waals surface area contributed by atoms with E-state index in [4.69, 9.17) is 14.2 Å². The average Bonchev–Trinajstić information content (AvgIpc) is 3.75. The Balaban J connectivity index is 1.24. The van der Waals surface area contributed by atoms with Crippen LogP contribution in [-0.4, -0.2) is 87.9 Å². The molecule has 0 bridgehead atoms. The van der Waals surface area contributed by atoms with Crippen LogP contribution in [0.25, 0.3) is 12.2 Å². The lowest BCUT2D eigenvalue weighted by molar-refractivity contribution is -0.150. The zero-order valence-electron chi connectivity index (χ0n) is 25.7. The summed E-state index contributed by atoms with van der Waals surface area (Å²) in [4.78, 5) is 40.2. The molecule has 1 aliphatic heterocycles. The maximum atomic E-state index is 13.0. The first-order valence-corrected chi connectivity index (χ1v) is 14.8. The highest BCUT2D eigenvalue weighted by Gasteiger charge is 2.43. The molecule has 0 saturated carbocycles. The number of hydrogen-bond acceptors (Lipinski definition) is 12. The van der Waals surface area contributed by atoms with Gasteiger partial charge in [-0.2, -0.15) is 0 Å². The fourth-order valence-corrected chi connectivity index (χ4v) is 4.91. The van der Waals surface area contributed by atoms with Gasteiger partial charge in [0.1, 0.15) is 29.0 Å². The molecule has 3 aromatic heterocycles. The number of aromatic amines is 2. The summed E-state index contributed by atoms with van der Waals surface area (Å²) in [6, 6.07) is 9.24. The molecule has 0 aliphatic carbocycles. The first-order chi connectivity index (χ1) is 22.0. The Morgan fingerprint density at radius 2 is 1.93 bits per heavy atom. The van der Waals surface area contributed by atoms with Crippen LogP contribution in [0.2, 0.25) is 0 Å². The Morgan fingerprint density at radius 1 is 1.15 bits per heavy atom. The third-order valence-corrected chi connectivity index (χ3v) is 7.30. The van der Waals surface area contributed by atoms with Gasteiger partial charge in [-0.15, -0.1) is 5.10 Å². The predicted octanol–water partition coefficient (Wildman–Crippen LogP) is -0.446. The number of carbonyl (C=O) groups excluding carboxylic acids is 1. The van der Waals surface area contributed by atoms with Gasteiger partial charge < -0.3 is 39.5 Å². The summed E-state index contributed by atoms with van der Waals surface area (Å²) in [5.74, 6) is -0.469. The third kappa shape index (κ3) is 7.74. The molecule has 0 amide bonds. The molecule has 1 saturated heterocycles. The number of aliphatic hydroxyl groups is 3. The molecule has 5 N–H and O–H groups in total. The van der Waals surface area contributed by atoms with E-state index in [1.54, 1.807) is 24.7 Å². The molecule has 0 unspecified atom stereocenters. The monoisotopic (exact) mass is 635 g/mol. The highest BCUT2D eigenvalue weighted by atomic mass is 16.7. The van der Waals surface area contributed by atoms with Gasteiger partial charge in [-0.05, 0) is 30.6 Å². The fraction of sp³-hybridized carbons (Fsp3) is 0.419. The van der Waals surface area contributed by atoms with Crippen LogP contribution in [0, 0.1) is 0 Å². The first kappa shape index (κ1) is 32.7. The summed E-state index contributed by atoms with van der Waals surface area (Å²) in [6.07, 6.45) is 2.77. The van der Waals surface area contributed by atoms with E-state index in [-0.39, 0.29) is 28.4 Å². The van der Waals surface area contributed by atoms with Crippen LogP contribution >= 0.6 is 0 Å². The van der Waals surface area contributed by atoms with Crippen molar-refractivity contribution >= 4 is 18.1 Å². The van der Waals surface area contributed by atoms with Crippen molar-refractivity contribution in [3.8, 4) is 5.88 Å². The number of hydrogen-bond donors (Lipinski definition) is 5. The number of aromatic nitrogens is 7. The Morgan fingerprint density at radius 3 is 2.65 bits per heavy atom. The van der Waals surface area contributed by atoms with E-state index in [1.165, 1.54) is 4.68 Å². The summed E-state index contributed by atoms with van der Waals surface area (Å²) >= 11 is 0. The van der Waals surface area contributed by atoms with Gasteiger partial charge in [-0.1, -0.05) is 56.3 Å². The van der Waals surface area contributed by atoms with Crippen LogP contribution in [0.15, 0.2) is 47.7 Å². The minimum absolute atomic E-state index is 0.0529. The molecule has 4 aromatic rings. The number of carbonyl (C=O) groups is 1.